The van der Waals surface area contributed by atoms with Gasteiger partial charge < -0.3 is 5.32 Å². The number of benzene rings is 1. The second-order valence-electron chi connectivity index (χ2n) is 9.47. The second-order valence-corrected chi connectivity index (χ2v) is 9.47. The average Bonchev–Trinajstić information content (AvgIpc) is 2.70. The van der Waals surface area contributed by atoms with Crippen LogP contribution in [-0.4, -0.2) is 11.5 Å². The standard InChI is InChI=1S/C27H40N2/c1-4-5-6-7-8-9-10-11-12-15-20-28-26-22-16-13-14-17-24(22)29-25-21-27(2,3)19-18-23(25)26/h13-14,16-19H,4-12,15,20-21H2,1-3H3,(H,28,29). The molecule has 1 aromatic heterocycles. The number of aromatic nitrogens is 1. The molecule has 29 heavy (non-hydrogen) atoms. The Hall–Kier alpha value is -1.83. The Morgan fingerprint density at radius 2 is 1.55 bits per heavy atom. The monoisotopic (exact) mass is 392 g/mol. The van der Waals surface area contributed by atoms with Gasteiger partial charge in [0, 0.05) is 17.5 Å². The van der Waals surface area contributed by atoms with Crippen molar-refractivity contribution in [3.63, 3.8) is 0 Å². The van der Waals surface area contributed by atoms with Crippen molar-refractivity contribution < 1.29 is 0 Å². The lowest BCUT2D eigenvalue weighted by Crippen LogP contribution is -2.18. The highest BCUT2D eigenvalue weighted by Crippen LogP contribution is 2.37. The Labute approximate surface area is 178 Å². The van der Waals surface area contributed by atoms with Crippen LogP contribution in [0.5, 0.6) is 0 Å². The lowest BCUT2D eigenvalue weighted by Gasteiger charge is -2.27. The summed E-state index contributed by atoms with van der Waals surface area (Å²) in [4.78, 5) is 4.99. The molecule has 0 saturated heterocycles. The van der Waals surface area contributed by atoms with E-state index in [1.54, 1.807) is 0 Å². The first-order valence-corrected chi connectivity index (χ1v) is 12.0. The molecule has 3 rings (SSSR count). The van der Waals surface area contributed by atoms with Gasteiger partial charge in [-0.2, -0.15) is 0 Å². The Bertz CT molecular complexity index is 804. The van der Waals surface area contributed by atoms with Gasteiger partial charge >= 0.3 is 0 Å². The van der Waals surface area contributed by atoms with E-state index in [0.29, 0.717) is 0 Å². The zero-order valence-electron chi connectivity index (χ0n) is 18.9. The first-order chi connectivity index (χ1) is 14.1. The summed E-state index contributed by atoms with van der Waals surface area (Å²) >= 11 is 0. The third-order valence-corrected chi connectivity index (χ3v) is 6.17. The van der Waals surface area contributed by atoms with Crippen LogP contribution in [0, 0.1) is 5.41 Å². The van der Waals surface area contributed by atoms with E-state index in [1.165, 1.54) is 86.5 Å². The zero-order valence-corrected chi connectivity index (χ0v) is 18.9. The molecule has 0 atom stereocenters. The van der Waals surface area contributed by atoms with Crippen LogP contribution < -0.4 is 5.32 Å². The van der Waals surface area contributed by atoms with Crippen LogP contribution in [0.3, 0.4) is 0 Å². The highest BCUT2D eigenvalue weighted by atomic mass is 14.9. The van der Waals surface area contributed by atoms with Crippen LogP contribution in [0.4, 0.5) is 5.69 Å². The smallest absolute Gasteiger partial charge is 0.0726 e. The number of nitrogens with zero attached hydrogens (tertiary/aromatic N) is 1. The van der Waals surface area contributed by atoms with E-state index in [0.717, 1.165) is 18.5 Å². The van der Waals surface area contributed by atoms with Crippen LogP contribution in [0.25, 0.3) is 17.0 Å². The fourth-order valence-electron chi connectivity index (χ4n) is 4.41. The molecular formula is C27H40N2. The van der Waals surface area contributed by atoms with E-state index >= 15 is 0 Å². The molecule has 0 fully saturated rings. The van der Waals surface area contributed by atoms with Gasteiger partial charge in [0.15, 0.2) is 0 Å². The number of unbranched alkanes of at least 4 members (excludes halogenated alkanes) is 9. The van der Waals surface area contributed by atoms with Crippen molar-refractivity contribution in [3.8, 4) is 0 Å². The van der Waals surface area contributed by atoms with Crippen LogP contribution in [0.1, 0.15) is 96.2 Å². The minimum Gasteiger partial charge on any atom is -0.384 e. The highest BCUT2D eigenvalue weighted by molar-refractivity contribution is 5.96. The summed E-state index contributed by atoms with van der Waals surface area (Å²) in [6.45, 7) is 7.92. The summed E-state index contributed by atoms with van der Waals surface area (Å²) in [7, 11) is 0. The van der Waals surface area contributed by atoms with E-state index in [4.69, 9.17) is 4.98 Å². The van der Waals surface area contributed by atoms with Gasteiger partial charge in [0.05, 0.1) is 16.9 Å². The normalized spacial score (nSPS) is 14.9. The van der Waals surface area contributed by atoms with E-state index in [1.807, 2.05) is 0 Å². The van der Waals surface area contributed by atoms with Gasteiger partial charge in [-0.1, -0.05) is 109 Å². The molecule has 1 heterocycles. The summed E-state index contributed by atoms with van der Waals surface area (Å²) in [5.74, 6) is 0. The number of rotatable bonds is 12. The minimum absolute atomic E-state index is 0.191. The Balaban J connectivity index is 1.50. The van der Waals surface area contributed by atoms with Crippen LogP contribution in [0.15, 0.2) is 30.3 Å². The van der Waals surface area contributed by atoms with Gasteiger partial charge in [0.1, 0.15) is 0 Å². The quantitative estimate of drug-likeness (QED) is 0.368. The molecule has 1 aliphatic carbocycles. The van der Waals surface area contributed by atoms with E-state index < -0.39 is 0 Å². The number of para-hydroxylation sites is 1. The lowest BCUT2D eigenvalue weighted by atomic mass is 9.81. The van der Waals surface area contributed by atoms with Crippen LogP contribution >= 0.6 is 0 Å². The molecule has 0 spiro atoms. The van der Waals surface area contributed by atoms with Crippen molar-refractivity contribution in [2.75, 3.05) is 11.9 Å². The number of anilines is 1. The van der Waals surface area contributed by atoms with Gasteiger partial charge in [-0.25, -0.2) is 0 Å². The first kappa shape index (κ1) is 21.9. The molecule has 0 radical (unpaired) electrons. The summed E-state index contributed by atoms with van der Waals surface area (Å²) < 4.78 is 0. The predicted octanol–water partition coefficient (Wildman–Crippen LogP) is 8.16. The Kier molecular flexibility index (Phi) is 8.15. The highest BCUT2D eigenvalue weighted by Gasteiger charge is 2.24. The lowest BCUT2D eigenvalue weighted by molar-refractivity contribution is 0.469. The molecule has 0 aliphatic heterocycles. The molecule has 158 valence electrons. The number of fused-ring (bicyclic) bond motifs is 2. The summed E-state index contributed by atoms with van der Waals surface area (Å²) in [5, 5.41) is 5.03. The fourth-order valence-corrected chi connectivity index (χ4v) is 4.41. The Morgan fingerprint density at radius 3 is 2.28 bits per heavy atom. The molecular weight excluding hydrogens is 352 g/mol. The SMILES string of the molecule is CCCCCCCCCCCCNc1c2c(nc3ccccc13)CC(C)(C)C=C2. The molecule has 0 bridgehead atoms. The number of allylic oxidation sites excluding steroid dienone is 1. The van der Waals surface area contributed by atoms with E-state index in [9.17, 15) is 0 Å². The van der Waals surface area contributed by atoms with Gasteiger partial charge in [-0.15, -0.1) is 0 Å². The van der Waals surface area contributed by atoms with Crippen molar-refractivity contribution in [1.29, 1.82) is 0 Å². The molecule has 2 heteroatoms. The molecule has 0 saturated carbocycles. The molecule has 0 unspecified atom stereocenters. The number of hydrogen-bond acceptors (Lipinski definition) is 2. The van der Waals surface area contributed by atoms with E-state index in [2.05, 4.69) is 62.5 Å². The maximum absolute atomic E-state index is 4.99. The predicted molar refractivity (Wildman–Crippen MR) is 129 cm³/mol. The third-order valence-electron chi connectivity index (χ3n) is 6.17. The third kappa shape index (κ3) is 6.32. The van der Waals surface area contributed by atoms with Gasteiger partial charge in [-0.3, -0.25) is 4.98 Å². The van der Waals surface area contributed by atoms with Crippen molar-refractivity contribution >= 4 is 22.7 Å². The van der Waals surface area contributed by atoms with Gasteiger partial charge in [0.25, 0.3) is 0 Å². The minimum atomic E-state index is 0.191. The number of hydrogen-bond donors (Lipinski definition) is 1. The molecule has 1 aliphatic rings. The van der Waals surface area contributed by atoms with Crippen molar-refractivity contribution in [2.45, 2.75) is 91.4 Å². The molecule has 2 aromatic rings. The molecule has 1 N–H and O–H groups in total. The molecule has 0 amide bonds. The average molecular weight is 393 g/mol. The largest absolute Gasteiger partial charge is 0.384 e. The van der Waals surface area contributed by atoms with Crippen LogP contribution in [-0.2, 0) is 6.42 Å². The number of pyridine rings is 1. The van der Waals surface area contributed by atoms with Crippen LogP contribution in [0.2, 0.25) is 0 Å². The van der Waals surface area contributed by atoms with Crippen molar-refractivity contribution in [3.05, 3.63) is 41.6 Å². The molecule has 1 aromatic carbocycles. The second kappa shape index (κ2) is 10.8. The summed E-state index contributed by atoms with van der Waals surface area (Å²) in [6.07, 6.45) is 19.4. The van der Waals surface area contributed by atoms with Crippen molar-refractivity contribution in [1.82, 2.24) is 4.98 Å². The first-order valence-electron chi connectivity index (χ1n) is 12.0. The zero-order chi connectivity index (χ0) is 20.5. The fraction of sp³-hybridized carbons (Fsp3) is 0.593. The number of nitrogens with one attached hydrogen (secondary N) is 1. The van der Waals surface area contributed by atoms with Crippen molar-refractivity contribution in [2.24, 2.45) is 5.41 Å². The maximum atomic E-state index is 4.99. The Morgan fingerprint density at radius 1 is 0.897 bits per heavy atom. The molecule has 2 nitrogen and oxygen atoms in total. The van der Waals surface area contributed by atoms with E-state index in [-0.39, 0.29) is 5.41 Å². The summed E-state index contributed by atoms with van der Waals surface area (Å²) in [6, 6.07) is 8.57. The van der Waals surface area contributed by atoms with Gasteiger partial charge in [-0.05, 0) is 24.3 Å². The summed E-state index contributed by atoms with van der Waals surface area (Å²) in [5.41, 5.74) is 5.13. The topological polar surface area (TPSA) is 24.9 Å². The maximum Gasteiger partial charge on any atom is 0.0726 e. The van der Waals surface area contributed by atoms with Gasteiger partial charge in [0.2, 0.25) is 0 Å².